The highest BCUT2D eigenvalue weighted by molar-refractivity contribution is 9.10. The lowest BCUT2D eigenvalue weighted by molar-refractivity contribution is 0.0523. The Bertz CT molecular complexity index is 346. The molecule has 15 heavy (non-hydrogen) atoms. The first-order valence-electron chi connectivity index (χ1n) is 4.43. The molecule has 1 aromatic rings. The minimum absolute atomic E-state index is 0.394. The number of nitrogens with zero attached hydrogens (tertiary/aromatic N) is 1. The molecule has 0 atom stereocenters. The summed E-state index contributed by atoms with van der Waals surface area (Å²) in [6.07, 6.45) is -0.422. The fraction of sp³-hybridized carbons (Fsp3) is 0.556. The van der Waals surface area contributed by atoms with Gasteiger partial charge in [0.2, 0.25) is 0 Å². The van der Waals surface area contributed by atoms with Crippen LogP contribution in [0.25, 0.3) is 0 Å². The van der Waals surface area contributed by atoms with Crippen LogP contribution in [0.15, 0.2) is 9.98 Å². The quantitative estimate of drug-likeness (QED) is 0.912. The highest BCUT2D eigenvalue weighted by Crippen LogP contribution is 2.14. The van der Waals surface area contributed by atoms with Crippen LogP contribution in [0, 0.1) is 0 Å². The van der Waals surface area contributed by atoms with E-state index in [1.165, 1.54) is 11.3 Å². The Morgan fingerprint density at radius 3 is 2.80 bits per heavy atom. The Morgan fingerprint density at radius 2 is 2.33 bits per heavy atom. The van der Waals surface area contributed by atoms with E-state index in [0.717, 1.165) is 9.61 Å². The summed E-state index contributed by atoms with van der Waals surface area (Å²) in [5, 5.41) is 5.34. The summed E-state index contributed by atoms with van der Waals surface area (Å²) in [6.45, 7) is 5.87. The minimum atomic E-state index is -0.465. The minimum Gasteiger partial charge on any atom is -0.444 e. The molecule has 1 amide bonds. The number of hydrogen-bond acceptors (Lipinski definition) is 4. The predicted octanol–water partition coefficient (Wildman–Crippen LogP) is 2.93. The summed E-state index contributed by atoms with van der Waals surface area (Å²) in [6, 6.07) is 0. The Hall–Kier alpha value is -0.620. The molecule has 0 radical (unpaired) electrons. The van der Waals surface area contributed by atoms with Gasteiger partial charge in [-0.25, -0.2) is 9.78 Å². The first kappa shape index (κ1) is 12.4. The van der Waals surface area contributed by atoms with Crippen molar-refractivity contribution >= 4 is 33.4 Å². The van der Waals surface area contributed by atoms with Crippen molar-refractivity contribution < 1.29 is 9.53 Å². The van der Waals surface area contributed by atoms with E-state index in [2.05, 4.69) is 26.2 Å². The third-order valence-electron chi connectivity index (χ3n) is 1.31. The fourth-order valence-electron chi connectivity index (χ4n) is 0.832. The highest BCUT2D eigenvalue weighted by Gasteiger charge is 2.15. The molecule has 1 N–H and O–H groups in total. The van der Waals surface area contributed by atoms with E-state index in [1.807, 2.05) is 26.2 Å². The molecule has 0 unspecified atom stereocenters. The molecular weight excluding hydrogens is 280 g/mol. The van der Waals surface area contributed by atoms with Gasteiger partial charge in [0.15, 0.2) is 0 Å². The number of hydrogen-bond donors (Lipinski definition) is 1. The SMILES string of the molecule is CC(C)(C)OC(=O)NCc1nc(Br)cs1. The lowest BCUT2D eigenvalue weighted by Gasteiger charge is -2.19. The number of ether oxygens (including phenoxy) is 1. The molecule has 0 fully saturated rings. The topological polar surface area (TPSA) is 51.2 Å². The van der Waals surface area contributed by atoms with Crippen molar-refractivity contribution in [3.63, 3.8) is 0 Å². The summed E-state index contributed by atoms with van der Waals surface area (Å²) in [5.41, 5.74) is -0.465. The normalized spacial score (nSPS) is 11.2. The van der Waals surface area contributed by atoms with Gasteiger partial charge in [-0.05, 0) is 36.7 Å². The second kappa shape index (κ2) is 4.94. The van der Waals surface area contributed by atoms with Gasteiger partial charge in [0.05, 0.1) is 6.54 Å². The summed E-state index contributed by atoms with van der Waals surface area (Å²) in [4.78, 5) is 15.4. The third-order valence-corrected chi connectivity index (χ3v) is 2.86. The molecule has 0 saturated heterocycles. The number of alkyl carbamates (subject to hydrolysis) is 1. The number of carbonyl (C=O) groups excluding carboxylic acids is 1. The van der Waals surface area contributed by atoms with E-state index >= 15 is 0 Å². The average molecular weight is 293 g/mol. The summed E-state index contributed by atoms with van der Waals surface area (Å²) >= 11 is 4.72. The molecule has 0 spiro atoms. The fourth-order valence-corrected chi connectivity index (χ4v) is 2.04. The molecule has 0 bridgehead atoms. The van der Waals surface area contributed by atoms with Crippen LogP contribution >= 0.6 is 27.3 Å². The maximum atomic E-state index is 11.3. The molecule has 6 heteroatoms. The van der Waals surface area contributed by atoms with Crippen LogP contribution in [0.3, 0.4) is 0 Å². The smallest absolute Gasteiger partial charge is 0.408 e. The Balaban J connectivity index is 2.35. The Labute approximate surface area is 101 Å². The van der Waals surface area contributed by atoms with Crippen molar-refractivity contribution in [2.75, 3.05) is 0 Å². The summed E-state index contributed by atoms with van der Waals surface area (Å²) in [5.74, 6) is 0. The lowest BCUT2D eigenvalue weighted by Crippen LogP contribution is -2.32. The van der Waals surface area contributed by atoms with Crippen LogP contribution in [0.1, 0.15) is 25.8 Å². The van der Waals surface area contributed by atoms with Crippen LogP contribution in [-0.4, -0.2) is 16.7 Å². The number of aromatic nitrogens is 1. The third kappa shape index (κ3) is 5.13. The van der Waals surface area contributed by atoms with Gasteiger partial charge < -0.3 is 10.1 Å². The molecule has 1 rings (SSSR count). The van der Waals surface area contributed by atoms with Crippen LogP contribution in [0.4, 0.5) is 4.79 Å². The van der Waals surface area contributed by atoms with Crippen LogP contribution < -0.4 is 5.32 Å². The largest absolute Gasteiger partial charge is 0.444 e. The Morgan fingerprint density at radius 1 is 1.67 bits per heavy atom. The lowest BCUT2D eigenvalue weighted by atomic mass is 10.2. The maximum Gasteiger partial charge on any atom is 0.408 e. The van der Waals surface area contributed by atoms with Gasteiger partial charge >= 0.3 is 6.09 Å². The summed E-state index contributed by atoms with van der Waals surface area (Å²) < 4.78 is 5.87. The van der Waals surface area contributed by atoms with Gasteiger partial charge in [0, 0.05) is 5.38 Å². The second-order valence-corrected chi connectivity index (χ2v) is 5.67. The van der Waals surface area contributed by atoms with E-state index in [-0.39, 0.29) is 0 Å². The van der Waals surface area contributed by atoms with Crippen molar-refractivity contribution in [1.29, 1.82) is 0 Å². The van der Waals surface area contributed by atoms with E-state index in [4.69, 9.17) is 4.74 Å². The van der Waals surface area contributed by atoms with Crippen LogP contribution in [0.2, 0.25) is 0 Å². The second-order valence-electron chi connectivity index (χ2n) is 3.92. The number of carbonyl (C=O) groups is 1. The van der Waals surface area contributed by atoms with Crippen LogP contribution in [-0.2, 0) is 11.3 Å². The monoisotopic (exact) mass is 292 g/mol. The molecule has 0 aliphatic heterocycles. The van der Waals surface area contributed by atoms with Crippen molar-refractivity contribution in [1.82, 2.24) is 10.3 Å². The number of amides is 1. The van der Waals surface area contributed by atoms with Gasteiger partial charge in [-0.15, -0.1) is 11.3 Å². The zero-order chi connectivity index (χ0) is 11.5. The molecule has 0 aromatic carbocycles. The maximum absolute atomic E-state index is 11.3. The molecule has 1 aromatic heterocycles. The van der Waals surface area contributed by atoms with Crippen molar-refractivity contribution in [3.05, 3.63) is 15.0 Å². The van der Waals surface area contributed by atoms with Crippen molar-refractivity contribution in [2.24, 2.45) is 0 Å². The number of halogens is 1. The van der Waals surface area contributed by atoms with E-state index in [0.29, 0.717) is 6.54 Å². The standard InChI is InChI=1S/C9H13BrN2O2S/c1-9(2,3)14-8(13)11-4-7-12-6(10)5-15-7/h5H,4H2,1-3H3,(H,11,13). The van der Waals surface area contributed by atoms with E-state index in [9.17, 15) is 4.79 Å². The predicted molar refractivity (Wildman–Crippen MR) is 62.9 cm³/mol. The van der Waals surface area contributed by atoms with Gasteiger partial charge in [0.1, 0.15) is 15.2 Å². The van der Waals surface area contributed by atoms with E-state index in [1.54, 1.807) is 0 Å². The first-order chi connectivity index (χ1) is 6.87. The highest BCUT2D eigenvalue weighted by atomic mass is 79.9. The van der Waals surface area contributed by atoms with Gasteiger partial charge in [-0.3, -0.25) is 0 Å². The van der Waals surface area contributed by atoms with Gasteiger partial charge in [-0.2, -0.15) is 0 Å². The van der Waals surface area contributed by atoms with E-state index < -0.39 is 11.7 Å². The van der Waals surface area contributed by atoms with Crippen LogP contribution in [0.5, 0.6) is 0 Å². The number of nitrogens with one attached hydrogen (secondary N) is 1. The van der Waals surface area contributed by atoms with Gasteiger partial charge in [0.25, 0.3) is 0 Å². The molecule has 0 aliphatic carbocycles. The number of thiazole rings is 1. The van der Waals surface area contributed by atoms with Crippen molar-refractivity contribution in [2.45, 2.75) is 32.9 Å². The first-order valence-corrected chi connectivity index (χ1v) is 6.11. The molecular formula is C9H13BrN2O2S. The molecule has 0 saturated carbocycles. The average Bonchev–Trinajstić information content (AvgIpc) is 2.45. The zero-order valence-electron chi connectivity index (χ0n) is 8.83. The van der Waals surface area contributed by atoms with Gasteiger partial charge in [-0.1, -0.05) is 0 Å². The summed E-state index contributed by atoms with van der Waals surface area (Å²) in [7, 11) is 0. The van der Waals surface area contributed by atoms with Crippen molar-refractivity contribution in [3.8, 4) is 0 Å². The molecule has 84 valence electrons. The molecule has 4 nitrogen and oxygen atoms in total. The zero-order valence-corrected chi connectivity index (χ0v) is 11.2. The number of rotatable bonds is 2. The Kier molecular flexibility index (Phi) is 4.10. The molecule has 1 heterocycles. The molecule has 0 aliphatic rings.